The highest BCUT2D eigenvalue weighted by Gasteiger charge is 2.29. The normalized spacial score (nSPS) is 12.1. The van der Waals surface area contributed by atoms with Crippen molar-refractivity contribution in [3.05, 3.63) is 62.9 Å². The van der Waals surface area contributed by atoms with E-state index in [0.717, 1.165) is 0 Å². The zero-order valence-electron chi connectivity index (χ0n) is 9.68. The number of allylic oxidation sites excluding steroid dienone is 1. The lowest BCUT2D eigenvalue weighted by atomic mass is 9.83. The highest BCUT2D eigenvalue weighted by Crippen LogP contribution is 2.39. The molecule has 88 valence electrons. The lowest BCUT2D eigenvalue weighted by Gasteiger charge is -2.18. The molecule has 0 amide bonds. The molecule has 0 N–H and O–H groups in total. The summed E-state index contributed by atoms with van der Waals surface area (Å²) in [6.45, 7) is 0. The van der Waals surface area contributed by atoms with Crippen molar-refractivity contribution in [2.75, 3.05) is 0 Å². The molecule has 2 aromatic rings. The molecule has 0 saturated carbocycles. The van der Waals surface area contributed by atoms with Crippen molar-refractivity contribution >= 4 is 22.7 Å². The SMILES string of the molecule is N#CC(C#N)=C1c2ccccc2C(=O)c2sccc21. The fourth-order valence-corrected chi connectivity index (χ4v) is 3.11. The zero-order chi connectivity index (χ0) is 13.4. The van der Waals surface area contributed by atoms with E-state index in [9.17, 15) is 4.79 Å². The third-order valence-corrected chi connectivity index (χ3v) is 3.97. The molecule has 3 nitrogen and oxygen atoms in total. The van der Waals surface area contributed by atoms with Crippen molar-refractivity contribution in [2.24, 2.45) is 0 Å². The fourth-order valence-electron chi connectivity index (χ4n) is 2.25. The quantitative estimate of drug-likeness (QED) is 0.584. The average molecular weight is 262 g/mol. The van der Waals surface area contributed by atoms with Crippen LogP contribution in [-0.4, -0.2) is 5.78 Å². The molecule has 4 heteroatoms. The maximum absolute atomic E-state index is 12.3. The minimum Gasteiger partial charge on any atom is -0.288 e. The van der Waals surface area contributed by atoms with Crippen LogP contribution < -0.4 is 0 Å². The number of fused-ring (bicyclic) bond motifs is 2. The maximum atomic E-state index is 12.3. The van der Waals surface area contributed by atoms with Crippen molar-refractivity contribution in [2.45, 2.75) is 0 Å². The Bertz CT molecular complexity index is 799. The minimum absolute atomic E-state index is 0.0413. The smallest absolute Gasteiger partial charge is 0.204 e. The number of carbonyl (C=O) groups is 1. The van der Waals surface area contributed by atoms with Gasteiger partial charge in [-0.15, -0.1) is 11.3 Å². The summed E-state index contributed by atoms with van der Waals surface area (Å²) in [5.74, 6) is -0.0421. The first-order valence-corrected chi connectivity index (χ1v) is 6.42. The Balaban J connectivity index is 2.46. The second-order valence-corrected chi connectivity index (χ2v) is 4.93. The van der Waals surface area contributed by atoms with E-state index in [4.69, 9.17) is 10.5 Å². The highest BCUT2D eigenvalue weighted by molar-refractivity contribution is 7.12. The van der Waals surface area contributed by atoms with E-state index in [1.807, 2.05) is 12.1 Å². The van der Waals surface area contributed by atoms with Gasteiger partial charge < -0.3 is 0 Å². The predicted octanol–water partition coefficient (Wildman–Crippen LogP) is 3.14. The topological polar surface area (TPSA) is 64.7 Å². The average Bonchev–Trinajstić information content (AvgIpc) is 2.93. The largest absolute Gasteiger partial charge is 0.288 e. The lowest BCUT2D eigenvalue weighted by Crippen LogP contribution is -2.12. The molecule has 3 rings (SSSR count). The summed E-state index contributed by atoms with van der Waals surface area (Å²) in [6, 6.07) is 12.7. The Kier molecular flexibility index (Phi) is 2.52. The molecule has 1 aromatic heterocycles. The number of carbonyl (C=O) groups excluding carboxylic acids is 1. The Morgan fingerprint density at radius 3 is 2.37 bits per heavy atom. The van der Waals surface area contributed by atoms with Crippen LogP contribution in [0.25, 0.3) is 5.57 Å². The summed E-state index contributed by atoms with van der Waals surface area (Å²) in [7, 11) is 0. The number of rotatable bonds is 0. The van der Waals surface area contributed by atoms with E-state index in [1.54, 1.807) is 35.7 Å². The molecule has 0 aliphatic heterocycles. The summed E-state index contributed by atoms with van der Waals surface area (Å²) in [5.41, 5.74) is 2.51. The van der Waals surface area contributed by atoms with Crippen molar-refractivity contribution in [3.8, 4) is 12.1 Å². The summed E-state index contributed by atoms with van der Waals surface area (Å²) < 4.78 is 0. The molecule has 1 aromatic carbocycles. The van der Waals surface area contributed by atoms with Gasteiger partial charge in [0.2, 0.25) is 5.78 Å². The van der Waals surface area contributed by atoms with Crippen molar-refractivity contribution in [1.29, 1.82) is 10.5 Å². The zero-order valence-corrected chi connectivity index (χ0v) is 10.5. The molecule has 0 radical (unpaired) electrons. The van der Waals surface area contributed by atoms with E-state index < -0.39 is 0 Å². The number of thiophene rings is 1. The van der Waals surface area contributed by atoms with Gasteiger partial charge in [-0.25, -0.2) is 0 Å². The molecule has 0 atom stereocenters. The molecule has 0 saturated heterocycles. The molecule has 1 heterocycles. The van der Waals surface area contributed by atoms with Crippen LogP contribution in [0.15, 0.2) is 41.3 Å². The number of ketones is 1. The second-order valence-electron chi connectivity index (χ2n) is 4.01. The van der Waals surface area contributed by atoms with Crippen LogP contribution >= 0.6 is 11.3 Å². The standard InChI is InChI=1S/C15H6N2OS/c16-7-9(8-17)13-10-3-1-2-4-11(10)14(18)15-12(13)5-6-19-15/h1-6H. The van der Waals surface area contributed by atoms with Crippen LogP contribution in [0, 0.1) is 22.7 Å². The third-order valence-electron chi connectivity index (χ3n) is 3.06. The van der Waals surface area contributed by atoms with Gasteiger partial charge in [-0.1, -0.05) is 24.3 Å². The van der Waals surface area contributed by atoms with Crippen molar-refractivity contribution < 1.29 is 4.79 Å². The molecule has 0 spiro atoms. The first kappa shape index (κ1) is 11.4. The summed E-state index contributed by atoms with van der Waals surface area (Å²) >= 11 is 1.34. The number of nitrogens with zero attached hydrogens (tertiary/aromatic N) is 2. The number of benzene rings is 1. The highest BCUT2D eigenvalue weighted by atomic mass is 32.1. The molecule has 0 unspecified atom stereocenters. The van der Waals surface area contributed by atoms with E-state index in [2.05, 4.69) is 0 Å². The molecule has 0 bridgehead atoms. The van der Waals surface area contributed by atoms with Gasteiger partial charge in [-0.3, -0.25) is 4.79 Å². The van der Waals surface area contributed by atoms with E-state index in [1.165, 1.54) is 11.3 Å². The van der Waals surface area contributed by atoms with Gasteiger partial charge in [0, 0.05) is 16.7 Å². The molecule has 0 fully saturated rings. The van der Waals surface area contributed by atoms with Crippen molar-refractivity contribution in [1.82, 2.24) is 0 Å². The monoisotopic (exact) mass is 262 g/mol. The molecular weight excluding hydrogens is 256 g/mol. The Hall–Kier alpha value is -2.69. The first-order chi connectivity index (χ1) is 9.27. The minimum atomic E-state index is -0.0421. The van der Waals surface area contributed by atoms with Gasteiger partial charge in [0.25, 0.3) is 0 Å². The van der Waals surface area contributed by atoms with Crippen LogP contribution in [0.2, 0.25) is 0 Å². The van der Waals surface area contributed by atoms with Gasteiger partial charge >= 0.3 is 0 Å². The summed E-state index contributed by atoms with van der Waals surface area (Å²) in [4.78, 5) is 12.9. The molecular formula is C15H6N2OS. The Morgan fingerprint density at radius 2 is 1.68 bits per heavy atom. The van der Waals surface area contributed by atoms with Gasteiger partial charge in [0.15, 0.2) is 0 Å². The predicted molar refractivity (Wildman–Crippen MR) is 71.4 cm³/mol. The Morgan fingerprint density at radius 1 is 1.00 bits per heavy atom. The van der Waals surface area contributed by atoms with Crippen LogP contribution in [-0.2, 0) is 0 Å². The Labute approximate surface area is 113 Å². The summed E-state index contributed by atoms with van der Waals surface area (Å²) in [6.07, 6.45) is 0. The molecule has 1 aliphatic carbocycles. The van der Waals surface area contributed by atoms with E-state index in [0.29, 0.717) is 27.1 Å². The number of hydrogen-bond donors (Lipinski definition) is 0. The summed E-state index contributed by atoms with van der Waals surface area (Å²) in [5, 5.41) is 20.0. The molecule has 1 aliphatic rings. The first-order valence-electron chi connectivity index (χ1n) is 5.54. The van der Waals surface area contributed by atoms with Crippen LogP contribution in [0.3, 0.4) is 0 Å². The fraction of sp³-hybridized carbons (Fsp3) is 0. The van der Waals surface area contributed by atoms with Crippen molar-refractivity contribution in [3.63, 3.8) is 0 Å². The van der Waals surface area contributed by atoms with Gasteiger partial charge in [0.1, 0.15) is 17.7 Å². The third kappa shape index (κ3) is 1.52. The van der Waals surface area contributed by atoms with Crippen LogP contribution in [0.5, 0.6) is 0 Å². The maximum Gasteiger partial charge on any atom is 0.204 e. The second kappa shape index (κ2) is 4.20. The van der Waals surface area contributed by atoms with Gasteiger partial charge in [-0.2, -0.15) is 10.5 Å². The van der Waals surface area contributed by atoms with Crippen LogP contribution in [0.1, 0.15) is 26.4 Å². The molecule has 19 heavy (non-hydrogen) atoms. The number of nitriles is 2. The van der Waals surface area contributed by atoms with Gasteiger partial charge in [0.05, 0.1) is 4.88 Å². The lowest BCUT2D eigenvalue weighted by molar-refractivity contribution is 0.104. The van der Waals surface area contributed by atoms with E-state index in [-0.39, 0.29) is 11.4 Å². The number of hydrogen-bond acceptors (Lipinski definition) is 4. The van der Waals surface area contributed by atoms with Gasteiger partial charge in [-0.05, 0) is 17.0 Å². The van der Waals surface area contributed by atoms with E-state index >= 15 is 0 Å². The van der Waals surface area contributed by atoms with Crippen LogP contribution in [0.4, 0.5) is 0 Å².